The molecule has 0 bridgehead atoms. The Kier molecular flexibility index (Phi) is 8.44. The Morgan fingerprint density at radius 1 is 1.00 bits per heavy atom. The molecule has 0 unspecified atom stereocenters. The van der Waals surface area contributed by atoms with Gasteiger partial charge in [0.25, 0.3) is 0 Å². The van der Waals surface area contributed by atoms with E-state index in [0.29, 0.717) is 0 Å². The predicted octanol–water partition coefficient (Wildman–Crippen LogP) is 3.99. The van der Waals surface area contributed by atoms with Gasteiger partial charge in [0.05, 0.1) is 0 Å². The molecule has 0 spiro atoms. The van der Waals surface area contributed by atoms with Gasteiger partial charge in [0.2, 0.25) is 0 Å². The summed E-state index contributed by atoms with van der Waals surface area (Å²) in [7, 11) is 0. The number of unbranched alkanes of at least 4 members (excludes halogenated alkanes) is 4. The fourth-order valence-corrected chi connectivity index (χ4v) is 1.83. The minimum absolute atomic E-state index is 0.272. The molecule has 0 rings (SSSR count). The van der Waals surface area contributed by atoms with Gasteiger partial charge in [-0.25, -0.2) is 4.79 Å². The molecule has 2 nitrogen and oxygen atoms in total. The minimum Gasteiger partial charge on any atom is -0.451 e. The second-order valence-corrected chi connectivity index (χ2v) is 4.55. The van der Waals surface area contributed by atoms with E-state index in [2.05, 4.69) is 13.8 Å². The molecule has 0 N–H and O–H groups in total. The Morgan fingerprint density at radius 2 is 1.47 bits per heavy atom. The van der Waals surface area contributed by atoms with Gasteiger partial charge in [0, 0.05) is 0 Å². The maximum absolute atomic E-state index is 10.3. The number of carbonyl (C=O) groups excluding carboxylic acids is 1. The van der Waals surface area contributed by atoms with E-state index in [9.17, 15) is 4.79 Å². The van der Waals surface area contributed by atoms with Crippen molar-refractivity contribution in [3.8, 4) is 0 Å². The quantitative estimate of drug-likeness (QED) is 0.513. The van der Waals surface area contributed by atoms with Crippen LogP contribution in [0.15, 0.2) is 0 Å². The van der Waals surface area contributed by atoms with Crippen LogP contribution in [-0.2, 0) is 9.53 Å². The Hall–Kier alpha value is -0.530. The smallest absolute Gasteiger partial charge is 0.418 e. The summed E-state index contributed by atoms with van der Waals surface area (Å²) < 4.78 is 5.12. The molecular formula is C13H25O2. The lowest BCUT2D eigenvalue weighted by atomic mass is 9.92. The van der Waals surface area contributed by atoms with Gasteiger partial charge in [0.1, 0.15) is 5.60 Å². The lowest BCUT2D eigenvalue weighted by Gasteiger charge is -2.27. The number of ether oxygens (including phenoxy) is 1. The summed E-state index contributed by atoms with van der Waals surface area (Å²) >= 11 is 0. The van der Waals surface area contributed by atoms with Crippen molar-refractivity contribution in [1.29, 1.82) is 0 Å². The minimum atomic E-state index is -0.272. The molecular weight excluding hydrogens is 188 g/mol. The maximum atomic E-state index is 10.3. The van der Waals surface area contributed by atoms with Gasteiger partial charge in [-0.05, 0) is 32.6 Å². The summed E-state index contributed by atoms with van der Waals surface area (Å²) in [5.41, 5.74) is -0.272. The first-order valence-corrected chi connectivity index (χ1v) is 6.23. The van der Waals surface area contributed by atoms with Crippen molar-refractivity contribution in [2.45, 2.75) is 77.7 Å². The fraction of sp³-hybridized carbons (Fsp3) is 0.923. The standard InChI is InChI=1S/C13H25O2/c1-4-6-8-10-13(3,15-12-14)11-9-7-5-2/h4-11H2,1-3H3. The van der Waals surface area contributed by atoms with Crippen molar-refractivity contribution >= 4 is 6.47 Å². The molecule has 0 heterocycles. The Bertz CT molecular complexity index is 145. The van der Waals surface area contributed by atoms with Gasteiger partial charge in [-0.3, -0.25) is 0 Å². The molecule has 0 aliphatic carbocycles. The van der Waals surface area contributed by atoms with E-state index in [-0.39, 0.29) is 5.60 Å². The summed E-state index contributed by atoms with van der Waals surface area (Å²) in [4.78, 5) is 10.3. The Morgan fingerprint density at radius 3 is 1.80 bits per heavy atom. The van der Waals surface area contributed by atoms with Crippen LogP contribution in [0.25, 0.3) is 0 Å². The van der Waals surface area contributed by atoms with Crippen molar-refractivity contribution in [3.63, 3.8) is 0 Å². The average Bonchev–Trinajstić information content (AvgIpc) is 2.19. The Balaban J connectivity index is 3.88. The van der Waals surface area contributed by atoms with Crippen LogP contribution < -0.4 is 0 Å². The van der Waals surface area contributed by atoms with E-state index >= 15 is 0 Å². The topological polar surface area (TPSA) is 26.3 Å². The highest BCUT2D eigenvalue weighted by Crippen LogP contribution is 2.25. The summed E-state index contributed by atoms with van der Waals surface area (Å²) in [5.74, 6) is 0. The summed E-state index contributed by atoms with van der Waals surface area (Å²) in [6, 6.07) is 0. The summed E-state index contributed by atoms with van der Waals surface area (Å²) in [5, 5.41) is 0. The summed E-state index contributed by atoms with van der Waals surface area (Å²) in [6.07, 6.45) is 9.06. The first-order chi connectivity index (χ1) is 7.18. The van der Waals surface area contributed by atoms with Gasteiger partial charge in [-0.15, -0.1) is 0 Å². The zero-order chi connectivity index (χ0) is 11.6. The lowest BCUT2D eigenvalue weighted by Crippen LogP contribution is -2.28. The van der Waals surface area contributed by atoms with E-state index in [0.717, 1.165) is 25.7 Å². The molecule has 1 radical (unpaired) electrons. The first kappa shape index (κ1) is 14.5. The molecule has 0 atom stereocenters. The third-order valence-electron chi connectivity index (χ3n) is 2.91. The van der Waals surface area contributed by atoms with Crippen LogP contribution in [0.3, 0.4) is 0 Å². The first-order valence-electron chi connectivity index (χ1n) is 6.23. The molecule has 0 amide bonds. The van der Waals surface area contributed by atoms with Crippen molar-refractivity contribution in [3.05, 3.63) is 0 Å². The van der Waals surface area contributed by atoms with Gasteiger partial charge in [0.15, 0.2) is 0 Å². The third-order valence-corrected chi connectivity index (χ3v) is 2.91. The van der Waals surface area contributed by atoms with E-state index in [1.807, 2.05) is 6.92 Å². The number of hydrogen-bond acceptors (Lipinski definition) is 2. The Labute approximate surface area is 94.4 Å². The van der Waals surface area contributed by atoms with Gasteiger partial charge in [-0.2, -0.15) is 0 Å². The molecule has 15 heavy (non-hydrogen) atoms. The van der Waals surface area contributed by atoms with E-state index in [1.165, 1.54) is 25.7 Å². The van der Waals surface area contributed by atoms with E-state index < -0.39 is 0 Å². The van der Waals surface area contributed by atoms with Crippen molar-refractivity contribution in [2.24, 2.45) is 0 Å². The zero-order valence-electron chi connectivity index (χ0n) is 10.5. The van der Waals surface area contributed by atoms with Crippen molar-refractivity contribution in [2.75, 3.05) is 0 Å². The predicted molar refractivity (Wildman–Crippen MR) is 63.5 cm³/mol. The fourth-order valence-electron chi connectivity index (χ4n) is 1.83. The third kappa shape index (κ3) is 7.40. The second-order valence-electron chi connectivity index (χ2n) is 4.55. The van der Waals surface area contributed by atoms with E-state index in [1.54, 1.807) is 6.47 Å². The molecule has 89 valence electrons. The molecule has 0 aromatic heterocycles. The molecule has 0 aromatic rings. The van der Waals surface area contributed by atoms with Crippen LogP contribution in [-0.4, -0.2) is 12.1 Å². The average molecular weight is 213 g/mol. The molecule has 2 heteroatoms. The summed E-state index contributed by atoms with van der Waals surface area (Å²) in [6.45, 7) is 8.01. The highest BCUT2D eigenvalue weighted by atomic mass is 16.5. The van der Waals surface area contributed by atoms with Gasteiger partial charge in [-0.1, -0.05) is 39.5 Å². The monoisotopic (exact) mass is 213 g/mol. The number of hydrogen-bond donors (Lipinski definition) is 0. The highest BCUT2D eigenvalue weighted by Gasteiger charge is 2.24. The maximum Gasteiger partial charge on any atom is 0.418 e. The number of rotatable bonds is 10. The zero-order valence-corrected chi connectivity index (χ0v) is 10.5. The van der Waals surface area contributed by atoms with Gasteiger partial charge >= 0.3 is 6.47 Å². The van der Waals surface area contributed by atoms with Crippen LogP contribution in [0.2, 0.25) is 0 Å². The molecule has 0 aromatic carbocycles. The SMILES string of the molecule is CCCCCC(C)(CCCCC)O[C]=O. The van der Waals surface area contributed by atoms with Crippen LogP contribution in [0.4, 0.5) is 0 Å². The van der Waals surface area contributed by atoms with Crippen molar-refractivity contribution < 1.29 is 9.53 Å². The van der Waals surface area contributed by atoms with Crippen LogP contribution >= 0.6 is 0 Å². The van der Waals surface area contributed by atoms with Gasteiger partial charge < -0.3 is 4.74 Å². The van der Waals surface area contributed by atoms with Crippen LogP contribution in [0, 0.1) is 0 Å². The van der Waals surface area contributed by atoms with Crippen LogP contribution in [0.5, 0.6) is 0 Å². The van der Waals surface area contributed by atoms with Crippen LogP contribution in [0.1, 0.15) is 72.1 Å². The van der Waals surface area contributed by atoms with Crippen molar-refractivity contribution in [1.82, 2.24) is 0 Å². The normalized spacial score (nSPS) is 11.4. The molecule has 0 saturated carbocycles. The lowest BCUT2D eigenvalue weighted by molar-refractivity contribution is 0.0471. The molecule has 0 aliphatic heterocycles. The largest absolute Gasteiger partial charge is 0.451 e. The van der Waals surface area contributed by atoms with E-state index in [4.69, 9.17) is 4.74 Å². The molecule has 0 fully saturated rings. The second kappa shape index (κ2) is 8.75. The highest BCUT2D eigenvalue weighted by molar-refractivity contribution is 5.39. The molecule has 0 saturated heterocycles. The molecule has 0 aliphatic rings.